The number of nitrogens with one attached hydrogen (secondary N) is 3. The molecule has 0 aliphatic carbocycles. The summed E-state index contributed by atoms with van der Waals surface area (Å²) in [5.74, 6) is -0.569. The van der Waals surface area contributed by atoms with E-state index in [0.717, 1.165) is 16.7 Å². The number of hydrogen-bond acceptors (Lipinski definition) is 7. The van der Waals surface area contributed by atoms with E-state index in [0.29, 0.717) is 22.9 Å². The monoisotopic (exact) mass is 465 g/mol. The van der Waals surface area contributed by atoms with Crippen LogP contribution >= 0.6 is 11.3 Å². The van der Waals surface area contributed by atoms with E-state index >= 15 is 0 Å². The number of thiazole rings is 1. The van der Waals surface area contributed by atoms with Crippen molar-refractivity contribution < 1.29 is 22.8 Å². The van der Waals surface area contributed by atoms with E-state index in [1.807, 2.05) is 0 Å². The number of urea groups is 1. The number of carbonyl (C=O) groups excluding carboxylic acids is 3. The SMILES string of the molecule is CC1(C)NC(=O)N(CCCC(=O)Nc2nc(-c3ccc(NS(C)(=O)=O)cc3)cs2)C1=O. The van der Waals surface area contributed by atoms with E-state index in [9.17, 15) is 22.8 Å². The fourth-order valence-corrected chi connectivity index (χ4v) is 4.29. The molecule has 0 saturated carbocycles. The minimum absolute atomic E-state index is 0.137. The van der Waals surface area contributed by atoms with Gasteiger partial charge in [-0.25, -0.2) is 18.2 Å². The van der Waals surface area contributed by atoms with Crippen LogP contribution < -0.4 is 15.4 Å². The summed E-state index contributed by atoms with van der Waals surface area (Å²) in [6.07, 6.45) is 1.56. The number of imide groups is 1. The lowest BCUT2D eigenvalue weighted by atomic mass is 10.1. The molecule has 4 amide bonds. The van der Waals surface area contributed by atoms with Crippen LogP contribution in [0.25, 0.3) is 11.3 Å². The van der Waals surface area contributed by atoms with Gasteiger partial charge in [0, 0.05) is 29.6 Å². The highest BCUT2D eigenvalue weighted by molar-refractivity contribution is 7.92. The van der Waals surface area contributed by atoms with Crippen LogP contribution in [0.3, 0.4) is 0 Å². The summed E-state index contributed by atoms with van der Waals surface area (Å²) < 4.78 is 24.9. The third-order valence-corrected chi connectivity index (χ3v) is 5.83. The molecule has 2 aromatic rings. The van der Waals surface area contributed by atoms with Crippen molar-refractivity contribution in [2.24, 2.45) is 0 Å². The molecule has 1 aliphatic rings. The Kier molecular flexibility index (Phi) is 6.32. The van der Waals surface area contributed by atoms with Crippen LogP contribution in [0.4, 0.5) is 15.6 Å². The van der Waals surface area contributed by atoms with Gasteiger partial charge < -0.3 is 10.6 Å². The number of nitrogens with zero attached hydrogens (tertiary/aromatic N) is 2. The fraction of sp³-hybridized carbons (Fsp3) is 0.368. The van der Waals surface area contributed by atoms with Crippen LogP contribution in [0.15, 0.2) is 29.6 Å². The maximum Gasteiger partial charge on any atom is 0.325 e. The largest absolute Gasteiger partial charge is 0.325 e. The standard InChI is InChI=1S/C19H23N5O5S2/c1-19(2)16(26)24(18(27)22-19)10-4-5-15(25)21-17-20-14(11-30-17)12-6-8-13(9-7-12)23-31(3,28)29/h6-9,11,23H,4-5,10H2,1-3H3,(H,22,27)(H,20,21,25). The molecule has 1 saturated heterocycles. The highest BCUT2D eigenvalue weighted by Gasteiger charge is 2.43. The third kappa shape index (κ3) is 5.79. The number of hydrogen-bond donors (Lipinski definition) is 3. The van der Waals surface area contributed by atoms with Crippen LogP contribution in [-0.4, -0.2) is 54.5 Å². The smallest absolute Gasteiger partial charge is 0.324 e. The lowest BCUT2D eigenvalue weighted by Gasteiger charge is -2.15. The highest BCUT2D eigenvalue weighted by Crippen LogP contribution is 2.26. The van der Waals surface area contributed by atoms with Gasteiger partial charge in [-0.05, 0) is 32.4 Å². The first-order valence-electron chi connectivity index (χ1n) is 9.42. The summed E-state index contributed by atoms with van der Waals surface area (Å²) >= 11 is 1.26. The summed E-state index contributed by atoms with van der Waals surface area (Å²) in [5, 5.41) is 7.52. The van der Waals surface area contributed by atoms with Crippen molar-refractivity contribution in [3.63, 3.8) is 0 Å². The molecular formula is C19H23N5O5S2. The minimum Gasteiger partial charge on any atom is -0.324 e. The maximum atomic E-state index is 12.2. The number of benzene rings is 1. The number of rotatable bonds is 8. The zero-order valence-electron chi connectivity index (χ0n) is 17.3. The van der Waals surface area contributed by atoms with E-state index in [1.54, 1.807) is 43.5 Å². The molecule has 3 rings (SSSR count). The summed E-state index contributed by atoms with van der Waals surface area (Å²) in [7, 11) is -3.34. The predicted octanol–water partition coefficient (Wildman–Crippen LogP) is 2.23. The van der Waals surface area contributed by atoms with Gasteiger partial charge >= 0.3 is 6.03 Å². The van der Waals surface area contributed by atoms with Crippen LogP contribution in [0.1, 0.15) is 26.7 Å². The maximum absolute atomic E-state index is 12.2. The average molecular weight is 466 g/mol. The first-order chi connectivity index (χ1) is 14.4. The number of aromatic nitrogens is 1. The predicted molar refractivity (Wildman–Crippen MR) is 118 cm³/mol. The van der Waals surface area contributed by atoms with Crippen molar-refractivity contribution in [1.29, 1.82) is 0 Å². The number of carbonyl (C=O) groups is 3. The Morgan fingerprint density at radius 2 is 1.90 bits per heavy atom. The Hall–Kier alpha value is -2.99. The van der Waals surface area contributed by atoms with Crippen molar-refractivity contribution in [1.82, 2.24) is 15.2 Å². The first kappa shape index (κ1) is 22.7. The molecule has 10 nitrogen and oxygen atoms in total. The van der Waals surface area contributed by atoms with Crippen molar-refractivity contribution >= 4 is 50.0 Å². The third-order valence-electron chi connectivity index (χ3n) is 4.46. The molecule has 0 spiro atoms. The molecule has 0 atom stereocenters. The average Bonchev–Trinajstić information content (AvgIpc) is 3.18. The van der Waals surface area contributed by atoms with E-state index in [1.165, 1.54) is 11.3 Å². The molecule has 1 aromatic carbocycles. The normalized spacial score (nSPS) is 15.6. The Morgan fingerprint density at radius 1 is 1.23 bits per heavy atom. The lowest BCUT2D eigenvalue weighted by molar-refractivity contribution is -0.130. The van der Waals surface area contributed by atoms with Crippen molar-refractivity contribution in [2.45, 2.75) is 32.2 Å². The summed E-state index contributed by atoms with van der Waals surface area (Å²) in [6.45, 7) is 3.43. The molecule has 1 aromatic heterocycles. The molecular weight excluding hydrogens is 442 g/mol. The molecule has 0 unspecified atom stereocenters. The van der Waals surface area contributed by atoms with Gasteiger partial charge in [0.15, 0.2) is 5.13 Å². The van der Waals surface area contributed by atoms with E-state index in [4.69, 9.17) is 0 Å². The number of anilines is 2. The van der Waals surface area contributed by atoms with Gasteiger partial charge in [0.2, 0.25) is 15.9 Å². The van der Waals surface area contributed by atoms with Crippen LogP contribution in [0.2, 0.25) is 0 Å². The molecule has 0 radical (unpaired) electrons. The molecule has 0 bridgehead atoms. The number of sulfonamides is 1. The molecule has 166 valence electrons. The van der Waals surface area contributed by atoms with Crippen molar-refractivity contribution in [3.05, 3.63) is 29.6 Å². The zero-order chi connectivity index (χ0) is 22.8. The topological polar surface area (TPSA) is 138 Å². The molecule has 2 heterocycles. The molecule has 1 fully saturated rings. The summed E-state index contributed by atoms with van der Waals surface area (Å²) in [4.78, 5) is 41.7. The Labute approximate surface area is 184 Å². The Balaban J connectivity index is 1.51. The molecule has 3 N–H and O–H groups in total. The minimum atomic E-state index is -3.34. The molecule has 12 heteroatoms. The quantitative estimate of drug-likeness (QED) is 0.511. The van der Waals surface area contributed by atoms with Gasteiger partial charge in [-0.3, -0.25) is 19.2 Å². The Morgan fingerprint density at radius 3 is 2.48 bits per heavy atom. The van der Waals surface area contributed by atoms with Gasteiger partial charge in [0.25, 0.3) is 5.91 Å². The van der Waals surface area contributed by atoms with Crippen LogP contribution in [0.5, 0.6) is 0 Å². The van der Waals surface area contributed by atoms with Crippen molar-refractivity contribution in [3.8, 4) is 11.3 Å². The van der Waals surface area contributed by atoms with Gasteiger partial charge in [0.05, 0.1) is 11.9 Å². The summed E-state index contributed by atoms with van der Waals surface area (Å²) in [5.41, 5.74) is 0.948. The van der Waals surface area contributed by atoms with E-state index in [-0.39, 0.29) is 24.8 Å². The first-order valence-corrected chi connectivity index (χ1v) is 12.2. The van der Waals surface area contributed by atoms with Crippen LogP contribution in [-0.2, 0) is 19.6 Å². The second-order valence-corrected chi connectivity index (χ2v) is 10.3. The summed E-state index contributed by atoms with van der Waals surface area (Å²) in [6, 6.07) is 6.27. The second kappa shape index (κ2) is 8.63. The van der Waals surface area contributed by atoms with Gasteiger partial charge in [0.1, 0.15) is 5.54 Å². The number of amides is 4. The molecule has 31 heavy (non-hydrogen) atoms. The van der Waals surface area contributed by atoms with Gasteiger partial charge in [-0.2, -0.15) is 0 Å². The zero-order valence-corrected chi connectivity index (χ0v) is 18.9. The van der Waals surface area contributed by atoms with E-state index in [2.05, 4.69) is 20.3 Å². The Bertz CT molecular complexity index is 1110. The van der Waals surface area contributed by atoms with Gasteiger partial charge in [-0.15, -0.1) is 11.3 Å². The molecule has 1 aliphatic heterocycles. The van der Waals surface area contributed by atoms with Crippen molar-refractivity contribution in [2.75, 3.05) is 22.8 Å². The van der Waals surface area contributed by atoms with E-state index < -0.39 is 21.6 Å². The lowest BCUT2D eigenvalue weighted by Crippen LogP contribution is -2.40. The second-order valence-electron chi connectivity index (χ2n) is 7.65. The fourth-order valence-electron chi connectivity index (χ4n) is 2.99. The van der Waals surface area contributed by atoms with Gasteiger partial charge in [-0.1, -0.05) is 12.1 Å². The van der Waals surface area contributed by atoms with Crippen LogP contribution in [0, 0.1) is 0 Å². The highest BCUT2D eigenvalue weighted by atomic mass is 32.2.